The number of carbonyl (C=O) groups is 2. The Morgan fingerprint density at radius 2 is 2.19 bits per heavy atom. The van der Waals surface area contributed by atoms with Crippen LogP contribution in [-0.4, -0.2) is 46.0 Å². The molecule has 114 valence electrons. The average molecular weight is 308 g/mol. The van der Waals surface area contributed by atoms with Crippen molar-refractivity contribution in [2.45, 2.75) is 38.3 Å². The van der Waals surface area contributed by atoms with Crippen molar-refractivity contribution in [1.29, 1.82) is 0 Å². The van der Waals surface area contributed by atoms with E-state index in [0.29, 0.717) is 32.1 Å². The number of amides is 2. The van der Waals surface area contributed by atoms with Gasteiger partial charge >= 0.3 is 12.0 Å². The summed E-state index contributed by atoms with van der Waals surface area (Å²) >= 11 is 1.64. The Morgan fingerprint density at radius 3 is 2.81 bits per heavy atom. The van der Waals surface area contributed by atoms with Crippen LogP contribution in [0.5, 0.6) is 0 Å². The van der Waals surface area contributed by atoms with Crippen molar-refractivity contribution in [2.24, 2.45) is 5.92 Å². The van der Waals surface area contributed by atoms with E-state index in [1.165, 1.54) is 0 Å². The van der Waals surface area contributed by atoms with Gasteiger partial charge in [0.25, 0.3) is 0 Å². The molecule has 1 aliphatic heterocycles. The molecule has 2 fully saturated rings. The van der Waals surface area contributed by atoms with Gasteiger partial charge in [0, 0.05) is 25.7 Å². The lowest BCUT2D eigenvalue weighted by Crippen LogP contribution is -2.49. The number of piperidine rings is 1. The molecule has 3 rings (SSSR count). The molecule has 0 radical (unpaired) electrons. The Bertz CT molecular complexity index is 513. The molecule has 2 heterocycles. The first-order chi connectivity index (χ1) is 10.1. The molecule has 0 bridgehead atoms. The van der Waals surface area contributed by atoms with Gasteiger partial charge in [-0.05, 0) is 48.1 Å². The standard InChI is InChI=1S/C15H20N2O3S/c18-14(19)12-2-1-6-16(9-12)15(20)17(13-3-4-13)8-11-5-7-21-10-11/h5,7,10,12-13H,1-4,6,8-9H2,(H,18,19)/t12-/m0/s1. The second-order valence-corrected chi connectivity index (χ2v) is 6.68. The summed E-state index contributed by atoms with van der Waals surface area (Å²) in [6, 6.07) is 2.39. The van der Waals surface area contributed by atoms with Crippen LogP contribution < -0.4 is 0 Å². The number of carboxylic acids is 1. The highest BCUT2D eigenvalue weighted by Gasteiger charge is 2.37. The van der Waals surface area contributed by atoms with E-state index < -0.39 is 11.9 Å². The summed E-state index contributed by atoms with van der Waals surface area (Å²) in [4.78, 5) is 27.5. The first-order valence-corrected chi connectivity index (χ1v) is 8.39. The number of carboxylic acid groups (broad SMARTS) is 1. The topological polar surface area (TPSA) is 60.9 Å². The van der Waals surface area contributed by atoms with Crippen molar-refractivity contribution >= 4 is 23.3 Å². The van der Waals surface area contributed by atoms with Gasteiger partial charge < -0.3 is 14.9 Å². The highest BCUT2D eigenvalue weighted by atomic mass is 32.1. The Balaban J connectivity index is 1.67. The first-order valence-electron chi connectivity index (χ1n) is 7.44. The average Bonchev–Trinajstić information content (AvgIpc) is 3.20. The Morgan fingerprint density at radius 1 is 1.38 bits per heavy atom. The number of nitrogens with zero attached hydrogens (tertiary/aromatic N) is 2. The molecule has 2 aliphatic rings. The summed E-state index contributed by atoms with van der Waals surface area (Å²) in [6.07, 6.45) is 3.57. The van der Waals surface area contributed by atoms with E-state index in [-0.39, 0.29) is 6.03 Å². The minimum atomic E-state index is -0.789. The first kappa shape index (κ1) is 14.4. The number of aliphatic carboxylic acids is 1. The van der Waals surface area contributed by atoms with E-state index in [2.05, 4.69) is 5.38 Å². The highest BCUT2D eigenvalue weighted by molar-refractivity contribution is 7.07. The van der Waals surface area contributed by atoms with E-state index in [4.69, 9.17) is 5.11 Å². The second-order valence-electron chi connectivity index (χ2n) is 5.90. The molecule has 1 aromatic heterocycles. The fourth-order valence-corrected chi connectivity index (χ4v) is 3.51. The maximum atomic E-state index is 12.7. The third kappa shape index (κ3) is 3.37. The predicted molar refractivity (Wildman–Crippen MR) is 80.2 cm³/mol. The van der Waals surface area contributed by atoms with Crippen LogP contribution >= 0.6 is 11.3 Å². The van der Waals surface area contributed by atoms with Crippen molar-refractivity contribution in [3.05, 3.63) is 22.4 Å². The number of hydrogen-bond acceptors (Lipinski definition) is 3. The van der Waals surface area contributed by atoms with E-state index in [1.54, 1.807) is 16.2 Å². The second kappa shape index (κ2) is 6.05. The van der Waals surface area contributed by atoms with Crippen LogP contribution in [0.1, 0.15) is 31.2 Å². The normalized spacial score (nSPS) is 22.1. The zero-order chi connectivity index (χ0) is 14.8. The molecule has 1 aromatic rings. The number of carbonyl (C=O) groups excluding carboxylic acids is 1. The molecule has 0 unspecified atom stereocenters. The zero-order valence-electron chi connectivity index (χ0n) is 11.9. The quantitative estimate of drug-likeness (QED) is 0.930. The Labute approximate surface area is 128 Å². The lowest BCUT2D eigenvalue weighted by Gasteiger charge is -2.35. The number of likely N-dealkylation sites (tertiary alicyclic amines) is 1. The van der Waals surface area contributed by atoms with Crippen LogP contribution in [0.3, 0.4) is 0 Å². The fourth-order valence-electron chi connectivity index (χ4n) is 2.85. The fraction of sp³-hybridized carbons (Fsp3) is 0.600. The van der Waals surface area contributed by atoms with Crippen LogP contribution in [0.4, 0.5) is 4.79 Å². The zero-order valence-corrected chi connectivity index (χ0v) is 12.7. The largest absolute Gasteiger partial charge is 0.481 e. The molecule has 21 heavy (non-hydrogen) atoms. The molecule has 1 saturated carbocycles. The monoisotopic (exact) mass is 308 g/mol. The molecule has 2 amide bonds. The summed E-state index contributed by atoms with van der Waals surface area (Å²) in [6.45, 7) is 1.66. The van der Waals surface area contributed by atoms with Crippen molar-refractivity contribution in [3.8, 4) is 0 Å². The van der Waals surface area contributed by atoms with Gasteiger partial charge in [0.1, 0.15) is 0 Å². The molecule has 1 saturated heterocycles. The summed E-state index contributed by atoms with van der Waals surface area (Å²) in [5.74, 6) is -1.20. The number of urea groups is 1. The predicted octanol–water partition coefficient (Wildman–Crippen LogP) is 2.63. The van der Waals surface area contributed by atoms with Gasteiger partial charge in [-0.2, -0.15) is 11.3 Å². The maximum absolute atomic E-state index is 12.7. The Kier molecular flexibility index (Phi) is 4.14. The number of thiophene rings is 1. The molecule has 0 spiro atoms. The molecule has 1 N–H and O–H groups in total. The van der Waals surface area contributed by atoms with Gasteiger partial charge in [-0.3, -0.25) is 4.79 Å². The molecule has 0 aromatic carbocycles. The van der Waals surface area contributed by atoms with Gasteiger partial charge in [0.15, 0.2) is 0 Å². The minimum absolute atomic E-state index is 0.00894. The smallest absolute Gasteiger partial charge is 0.320 e. The van der Waals surface area contributed by atoms with E-state index in [1.807, 2.05) is 16.3 Å². The van der Waals surface area contributed by atoms with Crippen LogP contribution in [0.2, 0.25) is 0 Å². The van der Waals surface area contributed by atoms with E-state index >= 15 is 0 Å². The Hall–Kier alpha value is -1.56. The molecule has 1 aliphatic carbocycles. The SMILES string of the molecule is O=C(O)[C@H]1CCCN(C(=O)N(Cc2ccsc2)C2CC2)C1. The van der Waals surface area contributed by atoms with Crippen molar-refractivity contribution in [2.75, 3.05) is 13.1 Å². The summed E-state index contributed by atoms with van der Waals surface area (Å²) in [7, 11) is 0. The molecule has 6 heteroatoms. The van der Waals surface area contributed by atoms with Crippen molar-refractivity contribution in [3.63, 3.8) is 0 Å². The lowest BCUT2D eigenvalue weighted by molar-refractivity contribution is -0.143. The van der Waals surface area contributed by atoms with Crippen LogP contribution in [0, 0.1) is 5.92 Å². The van der Waals surface area contributed by atoms with E-state index in [9.17, 15) is 9.59 Å². The van der Waals surface area contributed by atoms with Crippen LogP contribution in [-0.2, 0) is 11.3 Å². The third-order valence-corrected chi connectivity index (χ3v) is 4.94. The number of hydrogen-bond donors (Lipinski definition) is 1. The molecular formula is C15H20N2O3S. The van der Waals surface area contributed by atoms with Gasteiger partial charge in [-0.1, -0.05) is 0 Å². The van der Waals surface area contributed by atoms with Gasteiger partial charge in [0.05, 0.1) is 5.92 Å². The summed E-state index contributed by atoms with van der Waals surface area (Å²) in [5, 5.41) is 13.2. The minimum Gasteiger partial charge on any atom is -0.481 e. The van der Waals surface area contributed by atoms with Crippen molar-refractivity contribution in [1.82, 2.24) is 9.80 Å². The maximum Gasteiger partial charge on any atom is 0.320 e. The number of rotatable bonds is 4. The summed E-state index contributed by atoms with van der Waals surface area (Å²) in [5.41, 5.74) is 1.16. The van der Waals surface area contributed by atoms with Gasteiger partial charge in [-0.25, -0.2) is 4.79 Å². The molecule has 1 atom stereocenters. The van der Waals surface area contributed by atoms with Crippen molar-refractivity contribution < 1.29 is 14.7 Å². The highest BCUT2D eigenvalue weighted by Crippen LogP contribution is 2.30. The van der Waals surface area contributed by atoms with Crippen LogP contribution in [0.15, 0.2) is 16.8 Å². The molecule has 5 nitrogen and oxygen atoms in total. The van der Waals surface area contributed by atoms with Gasteiger partial charge in [-0.15, -0.1) is 0 Å². The third-order valence-electron chi connectivity index (χ3n) is 4.21. The lowest BCUT2D eigenvalue weighted by atomic mass is 9.98. The molecular weight excluding hydrogens is 288 g/mol. The van der Waals surface area contributed by atoms with E-state index in [0.717, 1.165) is 24.8 Å². The van der Waals surface area contributed by atoms with Crippen LogP contribution in [0.25, 0.3) is 0 Å². The summed E-state index contributed by atoms with van der Waals surface area (Å²) < 4.78 is 0. The van der Waals surface area contributed by atoms with Gasteiger partial charge in [0.2, 0.25) is 0 Å².